The molecular formula is C11H12BrNO3. The zero-order valence-electron chi connectivity index (χ0n) is 8.81. The standard InChI is InChI=1S/C11H12BrNO3/c1-8(14)13(7-11(15)16)6-9-4-2-3-5-10(9)12/h2-5H,6-7H2,1H3,(H,15,16). The highest BCUT2D eigenvalue weighted by atomic mass is 79.9. The lowest BCUT2D eigenvalue weighted by atomic mass is 10.2. The number of hydrogen-bond acceptors (Lipinski definition) is 2. The summed E-state index contributed by atoms with van der Waals surface area (Å²) in [4.78, 5) is 23.1. The van der Waals surface area contributed by atoms with Gasteiger partial charge in [-0.25, -0.2) is 0 Å². The van der Waals surface area contributed by atoms with Gasteiger partial charge in [0, 0.05) is 17.9 Å². The molecule has 0 fully saturated rings. The summed E-state index contributed by atoms with van der Waals surface area (Å²) in [5, 5.41) is 8.67. The van der Waals surface area contributed by atoms with Gasteiger partial charge in [-0.15, -0.1) is 0 Å². The molecule has 1 amide bonds. The van der Waals surface area contributed by atoms with E-state index in [0.717, 1.165) is 10.0 Å². The fraction of sp³-hybridized carbons (Fsp3) is 0.273. The van der Waals surface area contributed by atoms with Gasteiger partial charge in [-0.1, -0.05) is 34.1 Å². The number of rotatable bonds is 4. The summed E-state index contributed by atoms with van der Waals surface area (Å²) in [6.45, 7) is 1.37. The van der Waals surface area contributed by atoms with Crippen molar-refractivity contribution in [3.63, 3.8) is 0 Å². The lowest BCUT2D eigenvalue weighted by Crippen LogP contribution is -2.33. The molecule has 0 saturated heterocycles. The van der Waals surface area contributed by atoms with Gasteiger partial charge in [-0.05, 0) is 11.6 Å². The summed E-state index contributed by atoms with van der Waals surface area (Å²) in [6, 6.07) is 7.42. The summed E-state index contributed by atoms with van der Waals surface area (Å²) < 4.78 is 0.867. The number of nitrogens with zero attached hydrogens (tertiary/aromatic N) is 1. The number of halogens is 1. The molecule has 0 spiro atoms. The molecule has 0 aliphatic rings. The smallest absolute Gasteiger partial charge is 0.323 e. The predicted molar refractivity (Wildman–Crippen MR) is 62.9 cm³/mol. The average molecular weight is 286 g/mol. The van der Waals surface area contributed by atoms with Gasteiger partial charge in [0.1, 0.15) is 6.54 Å². The SMILES string of the molecule is CC(=O)N(CC(=O)O)Cc1ccccc1Br. The van der Waals surface area contributed by atoms with Crippen molar-refractivity contribution in [3.05, 3.63) is 34.3 Å². The van der Waals surface area contributed by atoms with Crippen LogP contribution < -0.4 is 0 Å². The molecule has 0 aliphatic heterocycles. The maximum Gasteiger partial charge on any atom is 0.323 e. The Bertz CT molecular complexity index is 406. The number of benzene rings is 1. The lowest BCUT2D eigenvalue weighted by molar-refractivity contribution is -0.144. The first-order valence-electron chi connectivity index (χ1n) is 4.71. The molecule has 5 heteroatoms. The van der Waals surface area contributed by atoms with E-state index in [1.165, 1.54) is 11.8 Å². The van der Waals surface area contributed by atoms with Crippen molar-refractivity contribution in [2.24, 2.45) is 0 Å². The lowest BCUT2D eigenvalue weighted by Gasteiger charge is -2.19. The van der Waals surface area contributed by atoms with Crippen molar-refractivity contribution in [2.75, 3.05) is 6.54 Å². The Hall–Kier alpha value is -1.36. The maximum absolute atomic E-state index is 11.2. The topological polar surface area (TPSA) is 57.6 Å². The van der Waals surface area contributed by atoms with Crippen molar-refractivity contribution in [1.29, 1.82) is 0 Å². The zero-order chi connectivity index (χ0) is 12.1. The number of carboxylic acid groups (broad SMARTS) is 1. The van der Waals surface area contributed by atoms with Crippen LogP contribution in [0.2, 0.25) is 0 Å². The first-order valence-corrected chi connectivity index (χ1v) is 5.50. The first kappa shape index (κ1) is 12.7. The van der Waals surface area contributed by atoms with E-state index >= 15 is 0 Å². The van der Waals surface area contributed by atoms with Crippen LogP contribution >= 0.6 is 15.9 Å². The Labute approximate surface area is 102 Å². The molecule has 0 bridgehead atoms. The van der Waals surface area contributed by atoms with Crippen LogP contribution in [-0.2, 0) is 16.1 Å². The summed E-state index contributed by atoms with van der Waals surface area (Å²) in [7, 11) is 0. The van der Waals surface area contributed by atoms with Crippen molar-refractivity contribution in [2.45, 2.75) is 13.5 Å². The Kier molecular flexibility index (Phi) is 4.49. The van der Waals surface area contributed by atoms with Crippen LogP contribution in [0, 0.1) is 0 Å². The molecule has 86 valence electrons. The monoisotopic (exact) mass is 285 g/mol. The minimum atomic E-state index is -1.01. The van der Waals surface area contributed by atoms with Gasteiger partial charge < -0.3 is 10.0 Å². The van der Waals surface area contributed by atoms with E-state index in [0.29, 0.717) is 6.54 Å². The molecule has 0 radical (unpaired) electrons. The number of carboxylic acids is 1. The molecule has 0 heterocycles. The van der Waals surface area contributed by atoms with Crippen LogP contribution in [0.4, 0.5) is 0 Å². The van der Waals surface area contributed by atoms with E-state index < -0.39 is 5.97 Å². The van der Waals surface area contributed by atoms with E-state index in [1.54, 1.807) is 0 Å². The van der Waals surface area contributed by atoms with Crippen LogP contribution in [-0.4, -0.2) is 28.4 Å². The minimum Gasteiger partial charge on any atom is -0.480 e. The summed E-state index contributed by atoms with van der Waals surface area (Å²) in [5.41, 5.74) is 0.888. The molecule has 16 heavy (non-hydrogen) atoms. The van der Waals surface area contributed by atoms with Gasteiger partial charge in [0.05, 0.1) is 0 Å². The van der Waals surface area contributed by atoms with E-state index in [4.69, 9.17) is 5.11 Å². The van der Waals surface area contributed by atoms with E-state index in [9.17, 15) is 9.59 Å². The third-order valence-corrected chi connectivity index (χ3v) is 2.86. The predicted octanol–water partition coefficient (Wildman–Crippen LogP) is 1.88. The summed E-state index contributed by atoms with van der Waals surface area (Å²) in [5.74, 6) is -1.26. The minimum absolute atomic E-state index is 0.252. The molecule has 1 rings (SSSR count). The van der Waals surface area contributed by atoms with Gasteiger partial charge in [0.25, 0.3) is 0 Å². The zero-order valence-corrected chi connectivity index (χ0v) is 10.4. The van der Waals surface area contributed by atoms with E-state index in [2.05, 4.69) is 15.9 Å². The van der Waals surface area contributed by atoms with Crippen LogP contribution in [0.3, 0.4) is 0 Å². The molecule has 1 aromatic rings. The van der Waals surface area contributed by atoms with Crippen LogP contribution in [0.15, 0.2) is 28.7 Å². The van der Waals surface area contributed by atoms with Crippen LogP contribution in [0.1, 0.15) is 12.5 Å². The number of amides is 1. The van der Waals surface area contributed by atoms with Crippen molar-refractivity contribution in [1.82, 2.24) is 4.90 Å². The van der Waals surface area contributed by atoms with Crippen molar-refractivity contribution >= 4 is 27.8 Å². The second-order valence-electron chi connectivity index (χ2n) is 3.36. The fourth-order valence-corrected chi connectivity index (χ4v) is 1.68. The highest BCUT2D eigenvalue weighted by Crippen LogP contribution is 2.17. The second kappa shape index (κ2) is 5.65. The third kappa shape index (κ3) is 3.66. The molecule has 0 aliphatic carbocycles. The van der Waals surface area contributed by atoms with Gasteiger partial charge in [-0.2, -0.15) is 0 Å². The van der Waals surface area contributed by atoms with Crippen molar-refractivity contribution in [3.8, 4) is 0 Å². The number of aliphatic carboxylic acids is 1. The molecule has 0 atom stereocenters. The molecule has 4 nitrogen and oxygen atoms in total. The highest BCUT2D eigenvalue weighted by molar-refractivity contribution is 9.10. The summed E-state index contributed by atoms with van der Waals surface area (Å²) >= 11 is 3.35. The Morgan fingerprint density at radius 3 is 2.50 bits per heavy atom. The normalized spacial score (nSPS) is 9.88. The van der Waals surface area contributed by atoms with Crippen LogP contribution in [0.5, 0.6) is 0 Å². The average Bonchev–Trinajstić information content (AvgIpc) is 2.19. The van der Waals surface area contributed by atoms with Crippen molar-refractivity contribution < 1.29 is 14.7 Å². The van der Waals surface area contributed by atoms with Gasteiger partial charge in [-0.3, -0.25) is 9.59 Å². The fourth-order valence-electron chi connectivity index (χ4n) is 1.27. The number of carbonyl (C=O) groups is 2. The molecule has 0 unspecified atom stereocenters. The molecule has 0 saturated carbocycles. The van der Waals surface area contributed by atoms with Gasteiger partial charge >= 0.3 is 5.97 Å². The maximum atomic E-state index is 11.2. The molecule has 1 aromatic carbocycles. The highest BCUT2D eigenvalue weighted by Gasteiger charge is 2.14. The number of hydrogen-bond donors (Lipinski definition) is 1. The quantitative estimate of drug-likeness (QED) is 0.919. The first-order chi connectivity index (χ1) is 7.50. The third-order valence-electron chi connectivity index (χ3n) is 2.09. The van der Waals surface area contributed by atoms with Crippen LogP contribution in [0.25, 0.3) is 0 Å². The van der Waals surface area contributed by atoms with E-state index in [-0.39, 0.29) is 12.5 Å². The Morgan fingerprint density at radius 2 is 2.00 bits per heavy atom. The summed E-state index contributed by atoms with van der Waals surface area (Å²) in [6.07, 6.45) is 0. The van der Waals surface area contributed by atoms with Gasteiger partial charge in [0.15, 0.2) is 0 Å². The van der Waals surface area contributed by atoms with Gasteiger partial charge in [0.2, 0.25) is 5.91 Å². The second-order valence-corrected chi connectivity index (χ2v) is 4.21. The molecular weight excluding hydrogens is 274 g/mol. The molecule has 0 aromatic heterocycles. The number of carbonyl (C=O) groups excluding carboxylic acids is 1. The Morgan fingerprint density at radius 1 is 1.38 bits per heavy atom. The Balaban J connectivity index is 2.80. The molecule has 1 N–H and O–H groups in total. The largest absolute Gasteiger partial charge is 0.480 e. The van der Waals surface area contributed by atoms with E-state index in [1.807, 2.05) is 24.3 Å².